The number of amides is 1. The van der Waals surface area contributed by atoms with Crippen LogP contribution < -0.4 is 5.32 Å². The molecule has 13 heavy (non-hydrogen) atoms. The molecule has 0 radical (unpaired) electrons. The lowest BCUT2D eigenvalue weighted by Gasteiger charge is -2.04. The Bertz CT molecular complexity index is 148. The molecular formula is C9H17NO3. The summed E-state index contributed by atoms with van der Waals surface area (Å²) in [5, 5.41) is 2.65. The molecule has 1 amide bonds. The number of methoxy groups -OCH3 is 1. The Kier molecular flexibility index (Phi) is 8.60. The molecule has 0 fully saturated rings. The first kappa shape index (κ1) is 12.1. The first-order chi connectivity index (χ1) is 6.31. The summed E-state index contributed by atoms with van der Waals surface area (Å²) in [6.07, 6.45) is 2.63. The lowest BCUT2D eigenvalue weighted by molar-refractivity contribution is -0.124. The van der Waals surface area contributed by atoms with E-state index in [0.29, 0.717) is 19.8 Å². The van der Waals surface area contributed by atoms with E-state index in [4.69, 9.17) is 4.74 Å². The van der Waals surface area contributed by atoms with Gasteiger partial charge in [0, 0.05) is 13.7 Å². The quantitative estimate of drug-likeness (QED) is 0.440. The highest BCUT2D eigenvalue weighted by atomic mass is 16.5. The Labute approximate surface area is 78.9 Å². The second-order valence-electron chi connectivity index (χ2n) is 2.47. The van der Waals surface area contributed by atoms with Gasteiger partial charge >= 0.3 is 0 Å². The van der Waals surface area contributed by atoms with Crippen molar-refractivity contribution in [1.29, 1.82) is 0 Å². The maximum absolute atomic E-state index is 10.8. The molecule has 0 aliphatic carbocycles. The standard InChI is InChI=1S/C9H17NO3/c1-3-4-6-13-7-5-10-9(11)8-12-2/h3H,1,4-8H2,2H3,(H,10,11). The van der Waals surface area contributed by atoms with Crippen molar-refractivity contribution in [2.75, 3.05) is 33.5 Å². The van der Waals surface area contributed by atoms with Crippen LogP contribution in [0.15, 0.2) is 12.7 Å². The number of carbonyl (C=O) groups is 1. The minimum Gasteiger partial charge on any atom is -0.379 e. The molecule has 0 aromatic heterocycles. The predicted molar refractivity (Wildman–Crippen MR) is 50.5 cm³/mol. The van der Waals surface area contributed by atoms with Gasteiger partial charge in [0.1, 0.15) is 6.61 Å². The molecule has 76 valence electrons. The summed E-state index contributed by atoms with van der Waals surface area (Å²) in [6, 6.07) is 0. The summed E-state index contributed by atoms with van der Waals surface area (Å²) in [4.78, 5) is 10.8. The Hall–Kier alpha value is -0.870. The molecule has 0 heterocycles. The van der Waals surface area contributed by atoms with E-state index < -0.39 is 0 Å². The summed E-state index contributed by atoms with van der Waals surface area (Å²) in [5.41, 5.74) is 0. The normalized spacial score (nSPS) is 9.62. The summed E-state index contributed by atoms with van der Waals surface area (Å²) in [6.45, 7) is 5.38. The second kappa shape index (κ2) is 9.22. The van der Waals surface area contributed by atoms with Crippen LogP contribution in [-0.2, 0) is 14.3 Å². The van der Waals surface area contributed by atoms with Gasteiger partial charge in [-0.1, -0.05) is 6.08 Å². The first-order valence-corrected chi connectivity index (χ1v) is 4.25. The van der Waals surface area contributed by atoms with Crippen LogP contribution in [0.1, 0.15) is 6.42 Å². The van der Waals surface area contributed by atoms with Crippen molar-refractivity contribution in [1.82, 2.24) is 5.32 Å². The first-order valence-electron chi connectivity index (χ1n) is 4.25. The number of carbonyl (C=O) groups excluding carboxylic acids is 1. The number of rotatable bonds is 8. The zero-order valence-electron chi connectivity index (χ0n) is 8.04. The van der Waals surface area contributed by atoms with E-state index in [9.17, 15) is 4.79 Å². The minimum atomic E-state index is -0.116. The Morgan fingerprint density at radius 3 is 2.92 bits per heavy atom. The predicted octanol–water partition coefficient (Wildman–Crippen LogP) is 0.342. The number of ether oxygens (including phenoxy) is 2. The molecule has 0 saturated heterocycles. The van der Waals surface area contributed by atoms with Crippen LogP contribution in [0, 0.1) is 0 Å². The fraction of sp³-hybridized carbons (Fsp3) is 0.667. The second-order valence-corrected chi connectivity index (χ2v) is 2.47. The molecule has 1 N–H and O–H groups in total. The molecule has 0 atom stereocenters. The third kappa shape index (κ3) is 9.04. The summed E-state index contributed by atoms with van der Waals surface area (Å²) >= 11 is 0. The molecule has 4 nitrogen and oxygen atoms in total. The lowest BCUT2D eigenvalue weighted by Crippen LogP contribution is -2.30. The molecule has 0 spiro atoms. The molecule has 4 heteroatoms. The maximum atomic E-state index is 10.8. The van der Waals surface area contributed by atoms with Gasteiger partial charge in [-0.25, -0.2) is 0 Å². The topological polar surface area (TPSA) is 47.6 Å². The molecule has 0 unspecified atom stereocenters. The largest absolute Gasteiger partial charge is 0.379 e. The van der Waals surface area contributed by atoms with Crippen molar-refractivity contribution < 1.29 is 14.3 Å². The summed E-state index contributed by atoms with van der Waals surface area (Å²) in [7, 11) is 1.49. The van der Waals surface area contributed by atoms with E-state index in [2.05, 4.69) is 16.6 Å². The lowest BCUT2D eigenvalue weighted by atomic mass is 10.4. The molecule has 0 saturated carbocycles. The SMILES string of the molecule is C=CCCOCCNC(=O)COC. The van der Waals surface area contributed by atoms with E-state index in [-0.39, 0.29) is 12.5 Å². The molecule has 0 bridgehead atoms. The number of nitrogens with one attached hydrogen (secondary N) is 1. The summed E-state index contributed by atoms with van der Waals surface area (Å²) < 4.78 is 9.81. The van der Waals surface area contributed by atoms with Crippen molar-refractivity contribution in [3.8, 4) is 0 Å². The fourth-order valence-electron chi connectivity index (χ4n) is 0.713. The third-order valence-corrected chi connectivity index (χ3v) is 1.31. The minimum absolute atomic E-state index is 0.104. The number of hydrogen-bond donors (Lipinski definition) is 1. The highest BCUT2D eigenvalue weighted by Crippen LogP contribution is 1.81. The highest BCUT2D eigenvalue weighted by Gasteiger charge is 1.97. The van der Waals surface area contributed by atoms with Crippen molar-refractivity contribution in [3.05, 3.63) is 12.7 Å². The van der Waals surface area contributed by atoms with Gasteiger partial charge in [0.05, 0.1) is 13.2 Å². The van der Waals surface area contributed by atoms with E-state index in [0.717, 1.165) is 6.42 Å². The molecule has 0 aromatic rings. The van der Waals surface area contributed by atoms with Crippen molar-refractivity contribution in [3.63, 3.8) is 0 Å². The summed E-state index contributed by atoms with van der Waals surface area (Å²) in [5.74, 6) is -0.116. The van der Waals surface area contributed by atoms with Gasteiger partial charge in [-0.15, -0.1) is 6.58 Å². The van der Waals surface area contributed by atoms with Gasteiger partial charge in [-0.2, -0.15) is 0 Å². The van der Waals surface area contributed by atoms with Crippen LogP contribution >= 0.6 is 0 Å². The van der Waals surface area contributed by atoms with Crippen LogP contribution in [0.3, 0.4) is 0 Å². The Morgan fingerprint density at radius 2 is 2.31 bits per heavy atom. The molecule has 0 aliphatic rings. The molecule has 0 rings (SSSR count). The van der Waals surface area contributed by atoms with Crippen LogP contribution in [-0.4, -0.2) is 39.4 Å². The van der Waals surface area contributed by atoms with Gasteiger partial charge in [0.15, 0.2) is 0 Å². The Balaban J connectivity index is 3.06. The zero-order chi connectivity index (χ0) is 9.94. The van der Waals surface area contributed by atoms with Gasteiger partial charge in [0.25, 0.3) is 0 Å². The molecule has 0 aromatic carbocycles. The van der Waals surface area contributed by atoms with Gasteiger partial charge < -0.3 is 14.8 Å². The van der Waals surface area contributed by atoms with Crippen LogP contribution in [0.4, 0.5) is 0 Å². The van der Waals surface area contributed by atoms with Crippen LogP contribution in [0.2, 0.25) is 0 Å². The maximum Gasteiger partial charge on any atom is 0.246 e. The van der Waals surface area contributed by atoms with Crippen LogP contribution in [0.5, 0.6) is 0 Å². The van der Waals surface area contributed by atoms with E-state index in [1.807, 2.05) is 0 Å². The van der Waals surface area contributed by atoms with Crippen molar-refractivity contribution >= 4 is 5.91 Å². The van der Waals surface area contributed by atoms with E-state index >= 15 is 0 Å². The average molecular weight is 187 g/mol. The van der Waals surface area contributed by atoms with Crippen molar-refractivity contribution in [2.24, 2.45) is 0 Å². The Morgan fingerprint density at radius 1 is 1.54 bits per heavy atom. The van der Waals surface area contributed by atoms with E-state index in [1.54, 1.807) is 6.08 Å². The van der Waals surface area contributed by atoms with Crippen LogP contribution in [0.25, 0.3) is 0 Å². The van der Waals surface area contributed by atoms with Gasteiger partial charge in [-0.05, 0) is 6.42 Å². The van der Waals surface area contributed by atoms with E-state index in [1.165, 1.54) is 7.11 Å². The monoisotopic (exact) mass is 187 g/mol. The third-order valence-electron chi connectivity index (χ3n) is 1.31. The molecular weight excluding hydrogens is 170 g/mol. The highest BCUT2D eigenvalue weighted by molar-refractivity contribution is 5.77. The fourth-order valence-corrected chi connectivity index (χ4v) is 0.713. The molecule has 0 aliphatic heterocycles. The van der Waals surface area contributed by atoms with Gasteiger partial charge in [0.2, 0.25) is 5.91 Å². The smallest absolute Gasteiger partial charge is 0.246 e. The zero-order valence-corrected chi connectivity index (χ0v) is 8.04. The number of hydrogen-bond acceptors (Lipinski definition) is 3. The van der Waals surface area contributed by atoms with Crippen molar-refractivity contribution in [2.45, 2.75) is 6.42 Å². The van der Waals surface area contributed by atoms with Gasteiger partial charge in [-0.3, -0.25) is 4.79 Å². The average Bonchev–Trinajstić information content (AvgIpc) is 2.11.